The van der Waals surface area contributed by atoms with Gasteiger partial charge in [0.15, 0.2) is 0 Å². The monoisotopic (exact) mass is 482 g/mol. The molecule has 0 aromatic carbocycles. The van der Waals surface area contributed by atoms with Crippen molar-refractivity contribution in [3.63, 3.8) is 0 Å². The molecule has 3 heteroatoms. The molecule has 0 radical (unpaired) electrons. The molecule has 5 aliphatic rings. The third-order valence-corrected chi connectivity index (χ3v) is 12.8. The van der Waals surface area contributed by atoms with E-state index in [1.54, 1.807) is 5.57 Å². The molecule has 3 unspecified atom stereocenters. The molecule has 0 spiro atoms. The van der Waals surface area contributed by atoms with Gasteiger partial charge in [-0.1, -0.05) is 59.1 Å². The first-order chi connectivity index (χ1) is 16.4. The van der Waals surface area contributed by atoms with Gasteiger partial charge in [-0.05, 0) is 97.7 Å². The van der Waals surface area contributed by atoms with Crippen molar-refractivity contribution in [1.29, 1.82) is 0 Å². The standard InChI is InChI=1S/C32H50O3/c1-8-17-35-27-19-28(2,3)18-23-21-9-10-24-29(4,22(21)11-14-30(23,27)5)15-12-25-31(24,6)16-13-26(34)32(25,7)20-33/h1,9,22-27,33-34H,10-20H2,2-7H3/t22?,23-,24?,25?,26-,27+,29-,30+,31+,32+/m0/s1. The SMILES string of the molecule is C#CCO[C@@H]1CC(C)(C)C[C@H]2C3=CCC4[C@@](C)(CCC5[C@]4(C)CC[C@H](O)[C@]5(C)CO)C3CC[C@@]12C. The summed E-state index contributed by atoms with van der Waals surface area (Å²) in [6.45, 7) is 15.1. The summed E-state index contributed by atoms with van der Waals surface area (Å²) in [4.78, 5) is 0. The first-order valence-electron chi connectivity index (χ1n) is 14.4. The number of aliphatic hydroxyl groups is 2. The molecule has 0 aromatic heterocycles. The molecule has 4 fully saturated rings. The Morgan fingerprint density at radius 2 is 1.60 bits per heavy atom. The van der Waals surface area contributed by atoms with Crippen LogP contribution in [0.1, 0.15) is 99.3 Å². The van der Waals surface area contributed by atoms with Gasteiger partial charge >= 0.3 is 0 Å². The summed E-state index contributed by atoms with van der Waals surface area (Å²) in [7, 11) is 0. The molecular weight excluding hydrogens is 432 g/mol. The number of aliphatic hydroxyl groups excluding tert-OH is 2. The van der Waals surface area contributed by atoms with Crippen LogP contribution in [0.5, 0.6) is 0 Å². The summed E-state index contributed by atoms with van der Waals surface area (Å²) in [5, 5.41) is 21.3. The minimum atomic E-state index is -0.385. The van der Waals surface area contributed by atoms with Crippen LogP contribution < -0.4 is 0 Å². The van der Waals surface area contributed by atoms with Crippen LogP contribution in [0.4, 0.5) is 0 Å². The molecule has 0 aliphatic heterocycles. The number of ether oxygens (including phenoxy) is 1. The summed E-state index contributed by atoms with van der Waals surface area (Å²) in [6.07, 6.45) is 18.3. The van der Waals surface area contributed by atoms with Crippen molar-refractivity contribution < 1.29 is 14.9 Å². The van der Waals surface area contributed by atoms with Crippen LogP contribution in [-0.4, -0.2) is 35.6 Å². The lowest BCUT2D eigenvalue weighted by Crippen LogP contribution is -2.63. The highest BCUT2D eigenvalue weighted by molar-refractivity contribution is 5.29. The molecule has 2 N–H and O–H groups in total. The average molecular weight is 483 g/mol. The molecule has 35 heavy (non-hydrogen) atoms. The van der Waals surface area contributed by atoms with Gasteiger partial charge in [-0.2, -0.15) is 0 Å². The van der Waals surface area contributed by atoms with E-state index in [0.29, 0.717) is 35.7 Å². The molecule has 0 amide bonds. The molecular formula is C32H50O3. The quantitative estimate of drug-likeness (QED) is 0.362. The van der Waals surface area contributed by atoms with Gasteiger partial charge in [0.25, 0.3) is 0 Å². The summed E-state index contributed by atoms with van der Waals surface area (Å²) in [5.74, 6) is 4.96. The summed E-state index contributed by atoms with van der Waals surface area (Å²) < 4.78 is 6.37. The van der Waals surface area contributed by atoms with Crippen molar-refractivity contribution in [3.8, 4) is 12.3 Å². The number of hydrogen-bond donors (Lipinski definition) is 2. The predicted octanol–water partition coefficient (Wildman–Crippen LogP) is 6.38. The van der Waals surface area contributed by atoms with Gasteiger partial charge < -0.3 is 14.9 Å². The number of allylic oxidation sites excluding steroid dienone is 2. The zero-order chi connectivity index (χ0) is 25.4. The molecule has 0 bridgehead atoms. The minimum absolute atomic E-state index is 0.0942. The third kappa shape index (κ3) is 3.56. The number of hydrogen-bond acceptors (Lipinski definition) is 3. The van der Waals surface area contributed by atoms with Crippen molar-refractivity contribution in [2.75, 3.05) is 13.2 Å². The largest absolute Gasteiger partial charge is 0.396 e. The summed E-state index contributed by atoms with van der Waals surface area (Å²) >= 11 is 0. The Morgan fingerprint density at radius 1 is 0.914 bits per heavy atom. The molecule has 0 heterocycles. The molecule has 3 nitrogen and oxygen atoms in total. The molecule has 0 aromatic rings. The highest BCUT2D eigenvalue weighted by Gasteiger charge is 2.65. The lowest BCUT2D eigenvalue weighted by molar-refractivity contribution is -0.204. The number of terminal acetylenes is 1. The van der Waals surface area contributed by atoms with Crippen LogP contribution in [-0.2, 0) is 4.74 Å². The molecule has 10 atom stereocenters. The maximum Gasteiger partial charge on any atom is 0.107 e. The first-order valence-corrected chi connectivity index (χ1v) is 14.4. The summed E-state index contributed by atoms with van der Waals surface area (Å²) in [6, 6.07) is 0. The molecule has 4 saturated carbocycles. The van der Waals surface area contributed by atoms with Crippen molar-refractivity contribution >= 4 is 0 Å². The zero-order valence-corrected chi connectivity index (χ0v) is 23.2. The van der Waals surface area contributed by atoms with E-state index in [-0.39, 0.29) is 40.5 Å². The van der Waals surface area contributed by atoms with E-state index in [9.17, 15) is 10.2 Å². The van der Waals surface area contributed by atoms with E-state index in [1.165, 1.54) is 25.7 Å². The van der Waals surface area contributed by atoms with E-state index >= 15 is 0 Å². The maximum absolute atomic E-state index is 10.9. The predicted molar refractivity (Wildman–Crippen MR) is 141 cm³/mol. The minimum Gasteiger partial charge on any atom is -0.396 e. The number of rotatable bonds is 3. The van der Waals surface area contributed by atoms with Crippen LogP contribution >= 0.6 is 0 Å². The van der Waals surface area contributed by atoms with Gasteiger partial charge in [0, 0.05) is 10.8 Å². The van der Waals surface area contributed by atoms with E-state index in [1.807, 2.05) is 0 Å². The highest BCUT2D eigenvalue weighted by atomic mass is 16.5. The third-order valence-electron chi connectivity index (χ3n) is 12.8. The number of fused-ring (bicyclic) bond motifs is 7. The second-order valence-electron chi connectivity index (χ2n) is 15.0. The van der Waals surface area contributed by atoms with E-state index in [2.05, 4.69) is 53.5 Å². The molecule has 0 saturated heterocycles. The lowest BCUT2D eigenvalue weighted by atomic mass is 9.37. The lowest BCUT2D eigenvalue weighted by Gasteiger charge is -2.68. The Morgan fingerprint density at radius 3 is 2.29 bits per heavy atom. The van der Waals surface area contributed by atoms with Crippen LogP contribution in [0.2, 0.25) is 0 Å². The van der Waals surface area contributed by atoms with Gasteiger partial charge in [0.2, 0.25) is 0 Å². The fraction of sp³-hybridized carbons (Fsp3) is 0.875. The average Bonchev–Trinajstić information content (AvgIpc) is 2.80. The smallest absolute Gasteiger partial charge is 0.107 e. The zero-order valence-electron chi connectivity index (χ0n) is 23.2. The van der Waals surface area contributed by atoms with Crippen LogP contribution in [0, 0.1) is 63.1 Å². The fourth-order valence-corrected chi connectivity index (χ4v) is 10.7. The van der Waals surface area contributed by atoms with Gasteiger partial charge in [-0.3, -0.25) is 0 Å². The summed E-state index contributed by atoms with van der Waals surface area (Å²) in [5.41, 5.74) is 2.27. The van der Waals surface area contributed by atoms with Crippen LogP contribution in [0.15, 0.2) is 11.6 Å². The molecule has 5 rings (SSSR count). The second kappa shape index (κ2) is 8.34. The van der Waals surface area contributed by atoms with Crippen LogP contribution in [0.25, 0.3) is 0 Å². The Bertz CT molecular complexity index is 914. The van der Waals surface area contributed by atoms with E-state index < -0.39 is 0 Å². The van der Waals surface area contributed by atoms with E-state index in [0.717, 1.165) is 32.1 Å². The Labute approximate surface area is 214 Å². The Kier molecular flexibility index (Phi) is 6.15. The second-order valence-corrected chi connectivity index (χ2v) is 15.0. The fourth-order valence-electron chi connectivity index (χ4n) is 10.7. The molecule has 196 valence electrons. The van der Waals surface area contributed by atoms with Gasteiger partial charge in [0.1, 0.15) is 6.61 Å². The van der Waals surface area contributed by atoms with Crippen molar-refractivity contribution in [3.05, 3.63) is 11.6 Å². The Hall–Kier alpha value is -0.820. The van der Waals surface area contributed by atoms with Crippen LogP contribution in [0.3, 0.4) is 0 Å². The normalized spacial score (nSPS) is 52.7. The van der Waals surface area contributed by atoms with E-state index in [4.69, 9.17) is 11.2 Å². The van der Waals surface area contributed by atoms with Crippen molar-refractivity contribution in [2.24, 2.45) is 50.7 Å². The highest BCUT2D eigenvalue weighted by Crippen LogP contribution is 2.72. The first kappa shape index (κ1) is 25.8. The van der Waals surface area contributed by atoms with Gasteiger partial charge in [-0.25, -0.2) is 0 Å². The Balaban J connectivity index is 1.51. The molecule has 5 aliphatic carbocycles. The van der Waals surface area contributed by atoms with Crippen molar-refractivity contribution in [2.45, 2.75) is 112 Å². The topological polar surface area (TPSA) is 49.7 Å². The van der Waals surface area contributed by atoms with Gasteiger partial charge in [0.05, 0.1) is 18.8 Å². The van der Waals surface area contributed by atoms with Crippen molar-refractivity contribution in [1.82, 2.24) is 0 Å². The van der Waals surface area contributed by atoms with Gasteiger partial charge in [-0.15, -0.1) is 6.42 Å². The maximum atomic E-state index is 10.9.